The molecule has 1 amide bonds. The molecule has 3 heterocycles. The monoisotopic (exact) mass is 403 g/mol. The van der Waals surface area contributed by atoms with Crippen molar-refractivity contribution in [3.8, 4) is 11.3 Å². The number of hydrogen-bond donors (Lipinski definition) is 1. The van der Waals surface area contributed by atoms with Crippen LogP contribution < -0.4 is 5.32 Å². The van der Waals surface area contributed by atoms with E-state index in [1.807, 2.05) is 0 Å². The zero-order valence-electron chi connectivity index (χ0n) is 15.0. The molecule has 1 aromatic carbocycles. The van der Waals surface area contributed by atoms with E-state index in [2.05, 4.69) is 20.4 Å². The minimum absolute atomic E-state index is 0.0383. The fraction of sp³-hybridized carbons (Fsp3) is 0.333. The van der Waals surface area contributed by atoms with Crippen LogP contribution in [-0.4, -0.2) is 45.4 Å². The molecule has 146 valence electrons. The van der Waals surface area contributed by atoms with E-state index in [0.717, 1.165) is 0 Å². The number of carbonyl (C=O) groups is 1. The number of carbonyl (C=O) groups excluding carboxylic acids is 1. The SMILES string of the molecule is C[C@@H](NC(=O)C1CCS(=O)(=O)C1)c1nc2cc(-c3ccccc3F)ncn2n1. The van der Waals surface area contributed by atoms with Crippen molar-refractivity contribution in [3.63, 3.8) is 0 Å². The summed E-state index contributed by atoms with van der Waals surface area (Å²) in [5.41, 5.74) is 1.25. The maximum Gasteiger partial charge on any atom is 0.224 e. The molecular formula is C18H18FN5O3S. The Morgan fingerprint density at radius 1 is 1.36 bits per heavy atom. The van der Waals surface area contributed by atoms with Crippen molar-refractivity contribution in [1.82, 2.24) is 24.9 Å². The van der Waals surface area contributed by atoms with E-state index in [9.17, 15) is 17.6 Å². The van der Waals surface area contributed by atoms with Crippen LogP contribution in [0.25, 0.3) is 16.9 Å². The van der Waals surface area contributed by atoms with Crippen LogP contribution in [0.15, 0.2) is 36.7 Å². The Hall–Kier alpha value is -2.88. The predicted octanol–water partition coefficient (Wildman–Crippen LogP) is 1.54. The predicted molar refractivity (Wildman–Crippen MR) is 99.5 cm³/mol. The van der Waals surface area contributed by atoms with Crippen LogP contribution in [0.1, 0.15) is 25.2 Å². The molecule has 1 aliphatic heterocycles. The molecule has 10 heteroatoms. The van der Waals surface area contributed by atoms with Crippen LogP contribution in [0, 0.1) is 11.7 Å². The van der Waals surface area contributed by atoms with Crippen LogP contribution in [0.4, 0.5) is 4.39 Å². The van der Waals surface area contributed by atoms with Crippen LogP contribution in [0.5, 0.6) is 0 Å². The molecule has 0 saturated carbocycles. The molecule has 1 fully saturated rings. The zero-order valence-corrected chi connectivity index (χ0v) is 15.9. The Morgan fingerprint density at radius 3 is 2.86 bits per heavy atom. The molecular weight excluding hydrogens is 385 g/mol. The van der Waals surface area contributed by atoms with Crippen molar-refractivity contribution < 1.29 is 17.6 Å². The molecule has 3 aromatic rings. The summed E-state index contributed by atoms with van der Waals surface area (Å²) in [6.45, 7) is 1.72. The Balaban J connectivity index is 1.54. The number of aromatic nitrogens is 4. The summed E-state index contributed by atoms with van der Waals surface area (Å²) >= 11 is 0. The number of fused-ring (bicyclic) bond motifs is 1. The van der Waals surface area contributed by atoms with Gasteiger partial charge in [0.2, 0.25) is 5.91 Å². The van der Waals surface area contributed by atoms with E-state index >= 15 is 0 Å². The standard InChI is InChI=1S/C18H18FN5O3S/c1-11(21-18(25)12-6-7-28(26,27)9-12)17-22-16-8-15(20-10-24(16)23-17)13-4-2-3-5-14(13)19/h2-5,8,10-12H,6-7,9H2,1H3,(H,21,25)/t11-,12?/m1/s1. The third kappa shape index (κ3) is 3.59. The highest BCUT2D eigenvalue weighted by atomic mass is 32.2. The number of sulfone groups is 1. The Labute approximate surface area is 160 Å². The molecule has 1 aliphatic rings. The molecule has 1 saturated heterocycles. The van der Waals surface area contributed by atoms with Crippen molar-refractivity contribution in [2.75, 3.05) is 11.5 Å². The van der Waals surface area contributed by atoms with E-state index in [0.29, 0.717) is 29.1 Å². The minimum Gasteiger partial charge on any atom is -0.346 e. The molecule has 28 heavy (non-hydrogen) atoms. The quantitative estimate of drug-likeness (QED) is 0.708. The summed E-state index contributed by atoms with van der Waals surface area (Å²) in [4.78, 5) is 20.9. The van der Waals surface area contributed by atoms with Gasteiger partial charge in [0.1, 0.15) is 12.1 Å². The lowest BCUT2D eigenvalue weighted by atomic mass is 10.1. The van der Waals surface area contributed by atoms with E-state index in [1.165, 1.54) is 16.9 Å². The number of rotatable bonds is 4. The van der Waals surface area contributed by atoms with Gasteiger partial charge in [0, 0.05) is 11.6 Å². The number of hydrogen-bond acceptors (Lipinski definition) is 6. The van der Waals surface area contributed by atoms with Gasteiger partial charge in [0.15, 0.2) is 21.3 Å². The average molecular weight is 403 g/mol. The second kappa shape index (κ2) is 6.93. The normalized spacial score (nSPS) is 19.6. The highest BCUT2D eigenvalue weighted by molar-refractivity contribution is 7.91. The van der Waals surface area contributed by atoms with Gasteiger partial charge in [-0.05, 0) is 25.5 Å². The first-order chi connectivity index (χ1) is 13.3. The van der Waals surface area contributed by atoms with Gasteiger partial charge in [0.25, 0.3) is 0 Å². The van der Waals surface area contributed by atoms with E-state index in [4.69, 9.17) is 0 Å². The lowest BCUT2D eigenvalue weighted by Gasteiger charge is -2.13. The van der Waals surface area contributed by atoms with E-state index < -0.39 is 21.8 Å². The number of amides is 1. The molecule has 1 N–H and O–H groups in total. The number of nitrogens with one attached hydrogen (secondary N) is 1. The van der Waals surface area contributed by atoms with Gasteiger partial charge in [0.05, 0.1) is 29.2 Å². The fourth-order valence-corrected chi connectivity index (χ4v) is 4.95. The largest absolute Gasteiger partial charge is 0.346 e. The molecule has 0 radical (unpaired) electrons. The van der Waals surface area contributed by atoms with Crippen LogP contribution in [0.2, 0.25) is 0 Å². The second-order valence-corrected chi connectivity index (χ2v) is 9.09. The molecule has 2 aromatic heterocycles. The number of benzene rings is 1. The molecule has 4 rings (SSSR count). The Bertz CT molecular complexity index is 1160. The van der Waals surface area contributed by atoms with Crippen molar-refractivity contribution in [1.29, 1.82) is 0 Å². The summed E-state index contributed by atoms with van der Waals surface area (Å²) in [7, 11) is -3.13. The molecule has 0 bridgehead atoms. The summed E-state index contributed by atoms with van der Waals surface area (Å²) in [6, 6.07) is 7.42. The third-order valence-electron chi connectivity index (χ3n) is 4.75. The van der Waals surface area contributed by atoms with Crippen LogP contribution in [0.3, 0.4) is 0 Å². The maximum atomic E-state index is 14.0. The summed E-state index contributed by atoms with van der Waals surface area (Å²) in [5, 5.41) is 7.06. The van der Waals surface area contributed by atoms with Crippen molar-refractivity contribution in [2.24, 2.45) is 5.92 Å². The molecule has 0 spiro atoms. The molecule has 0 aliphatic carbocycles. The minimum atomic E-state index is -3.13. The first kappa shape index (κ1) is 18.5. The van der Waals surface area contributed by atoms with Gasteiger partial charge in [-0.25, -0.2) is 27.3 Å². The van der Waals surface area contributed by atoms with Crippen molar-refractivity contribution in [2.45, 2.75) is 19.4 Å². The van der Waals surface area contributed by atoms with Gasteiger partial charge in [-0.15, -0.1) is 5.10 Å². The average Bonchev–Trinajstić information content (AvgIpc) is 3.24. The highest BCUT2D eigenvalue weighted by Crippen LogP contribution is 2.22. The summed E-state index contributed by atoms with van der Waals surface area (Å²) in [6.07, 6.45) is 1.76. The van der Waals surface area contributed by atoms with Gasteiger partial charge in [-0.2, -0.15) is 0 Å². The Kier molecular flexibility index (Phi) is 4.58. The van der Waals surface area contributed by atoms with E-state index in [1.54, 1.807) is 31.2 Å². The second-order valence-electron chi connectivity index (χ2n) is 6.86. The Morgan fingerprint density at radius 2 is 2.14 bits per heavy atom. The summed E-state index contributed by atoms with van der Waals surface area (Å²) in [5.74, 6) is -0.972. The first-order valence-electron chi connectivity index (χ1n) is 8.80. The van der Waals surface area contributed by atoms with Crippen molar-refractivity contribution >= 4 is 21.4 Å². The highest BCUT2D eigenvalue weighted by Gasteiger charge is 2.33. The molecule has 2 atom stereocenters. The zero-order chi connectivity index (χ0) is 19.9. The number of nitrogens with zero attached hydrogens (tertiary/aromatic N) is 4. The van der Waals surface area contributed by atoms with Gasteiger partial charge in [-0.1, -0.05) is 12.1 Å². The third-order valence-corrected chi connectivity index (χ3v) is 6.51. The maximum absolute atomic E-state index is 14.0. The smallest absolute Gasteiger partial charge is 0.224 e. The fourth-order valence-electron chi connectivity index (χ4n) is 3.21. The first-order valence-corrected chi connectivity index (χ1v) is 10.6. The molecule has 1 unspecified atom stereocenters. The lowest BCUT2D eigenvalue weighted by molar-refractivity contribution is -0.124. The lowest BCUT2D eigenvalue weighted by Crippen LogP contribution is -2.33. The summed E-state index contributed by atoms with van der Waals surface area (Å²) < 4.78 is 38.5. The van der Waals surface area contributed by atoms with Gasteiger partial charge >= 0.3 is 0 Å². The van der Waals surface area contributed by atoms with Crippen LogP contribution in [-0.2, 0) is 14.6 Å². The van der Waals surface area contributed by atoms with Gasteiger partial charge < -0.3 is 5.32 Å². The number of halogens is 1. The van der Waals surface area contributed by atoms with Gasteiger partial charge in [-0.3, -0.25) is 4.79 Å². The van der Waals surface area contributed by atoms with E-state index in [-0.39, 0.29) is 23.2 Å². The topological polar surface area (TPSA) is 106 Å². The van der Waals surface area contributed by atoms with Crippen LogP contribution >= 0.6 is 0 Å². The van der Waals surface area contributed by atoms with Crippen molar-refractivity contribution in [3.05, 3.63) is 48.3 Å². The molecule has 8 nitrogen and oxygen atoms in total.